The molecule has 0 saturated carbocycles. The molecule has 1 fully saturated rings. The summed E-state index contributed by atoms with van der Waals surface area (Å²) in [6.45, 7) is 0.748. The SMILES string of the molecule is O=C(c1ccoc1Cl)N1CCCC1CCl. The molecule has 1 unspecified atom stereocenters. The van der Waals surface area contributed by atoms with E-state index >= 15 is 0 Å². The number of furan rings is 1. The lowest BCUT2D eigenvalue weighted by Crippen LogP contribution is -2.36. The van der Waals surface area contributed by atoms with Gasteiger partial charge < -0.3 is 9.32 Å². The standard InChI is InChI=1S/C10H11Cl2NO2/c11-6-7-2-1-4-13(7)10(14)8-3-5-15-9(8)12/h3,5,7H,1-2,4,6H2. The Hall–Kier alpha value is -0.670. The van der Waals surface area contributed by atoms with Crippen molar-refractivity contribution >= 4 is 29.1 Å². The third kappa shape index (κ3) is 1.99. The molecule has 0 aliphatic carbocycles. The fraction of sp³-hybridized carbons (Fsp3) is 0.500. The molecule has 0 bridgehead atoms. The van der Waals surface area contributed by atoms with Crippen LogP contribution in [-0.2, 0) is 0 Å². The van der Waals surface area contributed by atoms with Gasteiger partial charge >= 0.3 is 0 Å². The number of carbonyl (C=O) groups is 1. The first-order valence-electron chi connectivity index (χ1n) is 4.84. The number of likely N-dealkylation sites (tertiary alicyclic amines) is 1. The quantitative estimate of drug-likeness (QED) is 0.754. The molecule has 1 aliphatic heterocycles. The van der Waals surface area contributed by atoms with Gasteiger partial charge in [-0.25, -0.2) is 0 Å². The third-order valence-corrected chi connectivity index (χ3v) is 3.31. The van der Waals surface area contributed by atoms with E-state index in [2.05, 4.69) is 0 Å². The van der Waals surface area contributed by atoms with Crippen molar-refractivity contribution in [3.8, 4) is 0 Å². The van der Waals surface area contributed by atoms with E-state index < -0.39 is 0 Å². The highest BCUT2D eigenvalue weighted by Gasteiger charge is 2.30. The second-order valence-electron chi connectivity index (χ2n) is 3.56. The lowest BCUT2D eigenvalue weighted by Gasteiger charge is -2.22. The van der Waals surface area contributed by atoms with E-state index in [0.29, 0.717) is 11.4 Å². The highest BCUT2D eigenvalue weighted by molar-refractivity contribution is 6.32. The monoisotopic (exact) mass is 247 g/mol. The van der Waals surface area contributed by atoms with Gasteiger partial charge in [0.1, 0.15) is 0 Å². The number of amides is 1. The van der Waals surface area contributed by atoms with Crippen molar-refractivity contribution in [1.82, 2.24) is 4.90 Å². The van der Waals surface area contributed by atoms with Crippen molar-refractivity contribution in [2.24, 2.45) is 0 Å². The number of carbonyl (C=O) groups excluding carboxylic acids is 1. The van der Waals surface area contributed by atoms with E-state index in [1.54, 1.807) is 11.0 Å². The molecule has 2 heterocycles. The first-order chi connectivity index (χ1) is 7.24. The van der Waals surface area contributed by atoms with Crippen LogP contribution in [0.5, 0.6) is 0 Å². The molecule has 0 N–H and O–H groups in total. The molecule has 1 atom stereocenters. The largest absolute Gasteiger partial charge is 0.452 e. The third-order valence-electron chi connectivity index (χ3n) is 2.66. The second kappa shape index (κ2) is 4.45. The van der Waals surface area contributed by atoms with Crippen LogP contribution in [0.2, 0.25) is 5.22 Å². The van der Waals surface area contributed by atoms with Crippen molar-refractivity contribution in [2.45, 2.75) is 18.9 Å². The molecular formula is C10H11Cl2NO2. The van der Waals surface area contributed by atoms with Gasteiger partial charge in [0.25, 0.3) is 5.91 Å². The normalized spacial score (nSPS) is 20.9. The van der Waals surface area contributed by atoms with Crippen molar-refractivity contribution in [2.75, 3.05) is 12.4 Å². The van der Waals surface area contributed by atoms with Gasteiger partial charge in [0.05, 0.1) is 11.8 Å². The summed E-state index contributed by atoms with van der Waals surface area (Å²) < 4.78 is 4.90. The number of halogens is 2. The summed E-state index contributed by atoms with van der Waals surface area (Å²) in [6.07, 6.45) is 3.38. The average molecular weight is 248 g/mol. The molecule has 3 nitrogen and oxygen atoms in total. The zero-order valence-electron chi connectivity index (χ0n) is 8.08. The van der Waals surface area contributed by atoms with Crippen LogP contribution in [0.3, 0.4) is 0 Å². The molecule has 2 rings (SSSR count). The van der Waals surface area contributed by atoms with E-state index in [-0.39, 0.29) is 17.2 Å². The number of hydrogen-bond donors (Lipinski definition) is 0. The summed E-state index contributed by atoms with van der Waals surface area (Å²) in [4.78, 5) is 13.8. The molecule has 1 aromatic rings. The van der Waals surface area contributed by atoms with E-state index in [9.17, 15) is 4.79 Å². The van der Waals surface area contributed by atoms with Crippen molar-refractivity contribution < 1.29 is 9.21 Å². The maximum atomic E-state index is 12.0. The Morgan fingerprint density at radius 1 is 1.67 bits per heavy atom. The maximum Gasteiger partial charge on any atom is 0.259 e. The van der Waals surface area contributed by atoms with Gasteiger partial charge in [0, 0.05) is 18.5 Å². The molecule has 1 aliphatic rings. The highest BCUT2D eigenvalue weighted by Crippen LogP contribution is 2.24. The predicted molar refractivity (Wildman–Crippen MR) is 58.5 cm³/mol. The Morgan fingerprint density at radius 2 is 2.47 bits per heavy atom. The first kappa shape index (κ1) is 10.8. The zero-order valence-corrected chi connectivity index (χ0v) is 9.59. The van der Waals surface area contributed by atoms with E-state index in [1.165, 1.54) is 6.26 Å². The van der Waals surface area contributed by atoms with Crippen LogP contribution in [0.15, 0.2) is 16.7 Å². The molecule has 1 amide bonds. The Bertz CT molecular complexity index is 364. The summed E-state index contributed by atoms with van der Waals surface area (Å²) in [5, 5.41) is 0.153. The molecular weight excluding hydrogens is 237 g/mol. The Kier molecular flexibility index (Phi) is 3.22. The van der Waals surface area contributed by atoms with E-state index in [0.717, 1.165) is 19.4 Å². The van der Waals surface area contributed by atoms with Crippen molar-refractivity contribution in [1.29, 1.82) is 0 Å². The van der Waals surface area contributed by atoms with Gasteiger partial charge in [-0.2, -0.15) is 0 Å². The average Bonchev–Trinajstić information content (AvgIpc) is 2.84. The minimum Gasteiger partial charge on any atom is -0.452 e. The number of hydrogen-bond acceptors (Lipinski definition) is 2. The van der Waals surface area contributed by atoms with Crippen LogP contribution in [0.4, 0.5) is 0 Å². The predicted octanol–water partition coefficient (Wildman–Crippen LogP) is 2.78. The summed E-state index contributed by atoms with van der Waals surface area (Å²) >= 11 is 11.6. The number of nitrogens with zero attached hydrogens (tertiary/aromatic N) is 1. The van der Waals surface area contributed by atoms with Gasteiger partial charge in [0.2, 0.25) is 5.22 Å². The molecule has 5 heteroatoms. The Labute approximate surface area is 97.9 Å². The van der Waals surface area contributed by atoms with Crippen molar-refractivity contribution in [3.05, 3.63) is 23.1 Å². The fourth-order valence-electron chi connectivity index (χ4n) is 1.86. The van der Waals surface area contributed by atoms with Gasteiger partial charge in [-0.3, -0.25) is 4.79 Å². The van der Waals surface area contributed by atoms with Crippen LogP contribution >= 0.6 is 23.2 Å². The summed E-state index contributed by atoms with van der Waals surface area (Å²) in [6, 6.07) is 1.72. The van der Waals surface area contributed by atoms with Crippen LogP contribution in [0.1, 0.15) is 23.2 Å². The Morgan fingerprint density at radius 3 is 3.07 bits per heavy atom. The molecule has 0 spiro atoms. The molecule has 1 saturated heterocycles. The number of rotatable bonds is 2. The molecule has 0 aromatic carbocycles. The highest BCUT2D eigenvalue weighted by atomic mass is 35.5. The minimum absolute atomic E-state index is 0.0862. The molecule has 1 aromatic heterocycles. The zero-order chi connectivity index (χ0) is 10.8. The Balaban J connectivity index is 2.18. The fourth-order valence-corrected chi connectivity index (χ4v) is 2.38. The van der Waals surface area contributed by atoms with Crippen LogP contribution in [0.25, 0.3) is 0 Å². The van der Waals surface area contributed by atoms with Crippen LogP contribution in [-0.4, -0.2) is 29.3 Å². The van der Waals surface area contributed by atoms with Gasteiger partial charge in [-0.05, 0) is 30.5 Å². The van der Waals surface area contributed by atoms with E-state index in [1.807, 2.05) is 0 Å². The summed E-state index contributed by atoms with van der Waals surface area (Å²) in [7, 11) is 0. The first-order valence-corrected chi connectivity index (χ1v) is 5.75. The van der Waals surface area contributed by atoms with E-state index in [4.69, 9.17) is 27.6 Å². The summed E-state index contributed by atoms with van der Waals surface area (Å²) in [5.41, 5.74) is 0.425. The van der Waals surface area contributed by atoms with Gasteiger partial charge in [-0.15, -0.1) is 11.6 Å². The maximum absolute atomic E-state index is 12.0. The summed E-state index contributed by atoms with van der Waals surface area (Å²) in [5.74, 6) is 0.387. The van der Waals surface area contributed by atoms with Crippen molar-refractivity contribution in [3.63, 3.8) is 0 Å². The van der Waals surface area contributed by atoms with Gasteiger partial charge in [-0.1, -0.05) is 0 Å². The topological polar surface area (TPSA) is 33.5 Å². The number of alkyl halides is 1. The van der Waals surface area contributed by atoms with Gasteiger partial charge in [0.15, 0.2) is 0 Å². The van der Waals surface area contributed by atoms with Crippen LogP contribution < -0.4 is 0 Å². The molecule has 82 valence electrons. The second-order valence-corrected chi connectivity index (χ2v) is 4.21. The van der Waals surface area contributed by atoms with Crippen LogP contribution in [0, 0.1) is 0 Å². The minimum atomic E-state index is -0.0862. The molecule has 15 heavy (non-hydrogen) atoms. The smallest absolute Gasteiger partial charge is 0.259 e. The lowest BCUT2D eigenvalue weighted by molar-refractivity contribution is 0.0748. The lowest BCUT2D eigenvalue weighted by atomic mass is 10.2. The molecule has 0 radical (unpaired) electrons.